The Morgan fingerprint density at radius 1 is 1.11 bits per heavy atom. The van der Waals surface area contributed by atoms with Gasteiger partial charge in [-0.15, -0.1) is 0 Å². The van der Waals surface area contributed by atoms with Gasteiger partial charge in [-0.2, -0.15) is 5.10 Å². The summed E-state index contributed by atoms with van der Waals surface area (Å²) in [4.78, 5) is 36.7. The molecule has 2 aromatic carbocycles. The third-order valence-corrected chi connectivity index (χ3v) is 4.36. The Morgan fingerprint density at radius 2 is 1.74 bits per heavy atom. The van der Waals surface area contributed by atoms with Gasteiger partial charge >= 0.3 is 5.97 Å². The summed E-state index contributed by atoms with van der Waals surface area (Å²) in [6, 6.07) is 13.1. The molecule has 0 aliphatic carbocycles. The summed E-state index contributed by atoms with van der Waals surface area (Å²) in [5.74, 6) is -1.68. The van der Waals surface area contributed by atoms with Crippen LogP contribution < -0.4 is 10.9 Å². The van der Waals surface area contributed by atoms with E-state index in [1.165, 1.54) is 19.1 Å². The smallest absolute Gasteiger partial charge is 0.357 e. The maximum absolute atomic E-state index is 12.7. The standard InChI is InChI=1S/C20H19N3O4/c1-12-7-9-14(10-8-12)11-21-18(24)13(2)23-19(25)16-6-4-3-5-15(16)17(22-23)20(26)27/h3-10,13H,11H2,1-2H3,(H,21,24)(H,26,27)/t13-/m1/s1. The van der Waals surface area contributed by atoms with Gasteiger partial charge in [-0.3, -0.25) is 9.59 Å². The fourth-order valence-corrected chi connectivity index (χ4v) is 2.78. The molecule has 138 valence electrons. The molecule has 3 aromatic rings. The molecule has 7 nitrogen and oxygen atoms in total. The zero-order chi connectivity index (χ0) is 19.6. The summed E-state index contributed by atoms with van der Waals surface area (Å²) in [5, 5.41) is 16.6. The van der Waals surface area contributed by atoms with Gasteiger partial charge < -0.3 is 10.4 Å². The molecule has 7 heteroatoms. The van der Waals surface area contributed by atoms with Crippen LogP contribution in [0, 0.1) is 6.92 Å². The van der Waals surface area contributed by atoms with Crippen LogP contribution in [0.4, 0.5) is 0 Å². The molecule has 1 heterocycles. The van der Waals surface area contributed by atoms with Crippen LogP contribution in [-0.2, 0) is 11.3 Å². The van der Waals surface area contributed by atoms with E-state index in [1.807, 2.05) is 31.2 Å². The molecule has 1 amide bonds. The van der Waals surface area contributed by atoms with E-state index < -0.39 is 23.5 Å². The predicted octanol–water partition coefficient (Wildman–Crippen LogP) is 2.28. The number of carbonyl (C=O) groups excluding carboxylic acids is 1. The quantitative estimate of drug-likeness (QED) is 0.722. The third kappa shape index (κ3) is 3.72. The average molecular weight is 365 g/mol. The minimum absolute atomic E-state index is 0.211. The lowest BCUT2D eigenvalue weighted by Gasteiger charge is -2.16. The van der Waals surface area contributed by atoms with Gasteiger partial charge in [0.2, 0.25) is 5.91 Å². The fraction of sp³-hybridized carbons (Fsp3) is 0.200. The van der Waals surface area contributed by atoms with Crippen LogP contribution in [0.5, 0.6) is 0 Å². The molecule has 0 fully saturated rings. The molecule has 0 aliphatic heterocycles. The second kappa shape index (κ2) is 7.41. The Morgan fingerprint density at radius 3 is 2.37 bits per heavy atom. The van der Waals surface area contributed by atoms with Gasteiger partial charge in [-0.1, -0.05) is 48.0 Å². The zero-order valence-corrected chi connectivity index (χ0v) is 15.0. The van der Waals surface area contributed by atoms with Gasteiger partial charge in [0, 0.05) is 11.9 Å². The molecular formula is C20H19N3O4. The van der Waals surface area contributed by atoms with E-state index in [2.05, 4.69) is 10.4 Å². The van der Waals surface area contributed by atoms with E-state index in [0.717, 1.165) is 15.8 Å². The number of aromatic carboxylic acids is 1. The Hall–Kier alpha value is -3.48. The number of nitrogens with one attached hydrogen (secondary N) is 1. The van der Waals surface area contributed by atoms with Crippen molar-refractivity contribution in [2.75, 3.05) is 0 Å². The number of carbonyl (C=O) groups is 2. The molecule has 1 aromatic heterocycles. The number of fused-ring (bicyclic) bond motifs is 1. The number of aryl methyl sites for hydroxylation is 1. The molecule has 0 saturated carbocycles. The number of carboxylic acid groups (broad SMARTS) is 1. The first kappa shape index (κ1) is 18.3. The van der Waals surface area contributed by atoms with Crippen LogP contribution >= 0.6 is 0 Å². The summed E-state index contributed by atoms with van der Waals surface area (Å²) in [7, 11) is 0. The van der Waals surface area contributed by atoms with Gasteiger partial charge in [0.15, 0.2) is 5.69 Å². The highest BCUT2D eigenvalue weighted by Crippen LogP contribution is 2.15. The Balaban J connectivity index is 1.90. The second-order valence-corrected chi connectivity index (χ2v) is 6.33. The number of amides is 1. The Kier molecular flexibility index (Phi) is 5.03. The summed E-state index contributed by atoms with van der Waals surface area (Å²) in [5.41, 5.74) is 1.27. The van der Waals surface area contributed by atoms with Crippen molar-refractivity contribution in [1.82, 2.24) is 15.1 Å². The van der Waals surface area contributed by atoms with Gasteiger partial charge in [0.1, 0.15) is 6.04 Å². The maximum atomic E-state index is 12.7. The molecule has 0 saturated heterocycles. The van der Waals surface area contributed by atoms with E-state index in [1.54, 1.807) is 12.1 Å². The lowest BCUT2D eigenvalue weighted by Crippen LogP contribution is -2.37. The highest BCUT2D eigenvalue weighted by atomic mass is 16.4. The van der Waals surface area contributed by atoms with Crippen LogP contribution in [0.2, 0.25) is 0 Å². The number of aromatic nitrogens is 2. The molecule has 0 unspecified atom stereocenters. The van der Waals surface area contributed by atoms with Crippen molar-refractivity contribution in [2.24, 2.45) is 0 Å². The monoisotopic (exact) mass is 365 g/mol. The molecule has 0 aliphatic rings. The van der Waals surface area contributed by atoms with Gasteiger partial charge in [-0.25, -0.2) is 9.48 Å². The molecule has 1 atom stereocenters. The topological polar surface area (TPSA) is 101 Å². The van der Waals surface area contributed by atoms with E-state index in [0.29, 0.717) is 6.54 Å². The minimum Gasteiger partial charge on any atom is -0.476 e. The molecule has 27 heavy (non-hydrogen) atoms. The van der Waals surface area contributed by atoms with Gasteiger partial charge in [0.05, 0.1) is 5.39 Å². The molecule has 0 radical (unpaired) electrons. The molecule has 2 N–H and O–H groups in total. The van der Waals surface area contributed by atoms with Gasteiger partial charge in [0.25, 0.3) is 5.56 Å². The van der Waals surface area contributed by atoms with Crippen molar-refractivity contribution in [2.45, 2.75) is 26.4 Å². The normalized spacial score (nSPS) is 11.9. The van der Waals surface area contributed by atoms with Crippen LogP contribution in [-0.4, -0.2) is 26.8 Å². The molecule has 0 spiro atoms. The lowest BCUT2D eigenvalue weighted by atomic mass is 10.1. The minimum atomic E-state index is -1.26. The number of nitrogens with zero attached hydrogens (tertiary/aromatic N) is 2. The lowest BCUT2D eigenvalue weighted by molar-refractivity contribution is -0.124. The van der Waals surface area contributed by atoms with E-state index in [-0.39, 0.29) is 16.5 Å². The van der Waals surface area contributed by atoms with Crippen molar-refractivity contribution < 1.29 is 14.7 Å². The summed E-state index contributed by atoms with van der Waals surface area (Å²) in [6.45, 7) is 3.79. The number of hydrogen-bond donors (Lipinski definition) is 2. The first-order valence-electron chi connectivity index (χ1n) is 8.46. The van der Waals surface area contributed by atoms with Crippen molar-refractivity contribution >= 4 is 22.6 Å². The van der Waals surface area contributed by atoms with Crippen LogP contribution in [0.25, 0.3) is 10.8 Å². The van der Waals surface area contributed by atoms with Crippen molar-refractivity contribution in [3.8, 4) is 0 Å². The van der Waals surface area contributed by atoms with Crippen LogP contribution in [0.3, 0.4) is 0 Å². The van der Waals surface area contributed by atoms with E-state index in [4.69, 9.17) is 0 Å². The first-order valence-corrected chi connectivity index (χ1v) is 8.46. The summed E-state index contributed by atoms with van der Waals surface area (Å²) < 4.78 is 0.927. The first-order chi connectivity index (χ1) is 12.9. The van der Waals surface area contributed by atoms with Crippen LogP contribution in [0.1, 0.15) is 34.6 Å². The number of carboxylic acids is 1. The second-order valence-electron chi connectivity index (χ2n) is 6.33. The Bertz CT molecular complexity index is 1070. The molecule has 3 rings (SSSR count). The van der Waals surface area contributed by atoms with Crippen molar-refractivity contribution in [3.05, 3.63) is 75.7 Å². The Labute approximate surface area is 155 Å². The number of hydrogen-bond acceptors (Lipinski definition) is 4. The van der Waals surface area contributed by atoms with Crippen molar-refractivity contribution in [3.63, 3.8) is 0 Å². The highest BCUT2D eigenvalue weighted by molar-refractivity contribution is 6.01. The number of rotatable bonds is 5. The largest absolute Gasteiger partial charge is 0.476 e. The average Bonchev–Trinajstić information content (AvgIpc) is 2.67. The molecular weight excluding hydrogens is 346 g/mol. The maximum Gasteiger partial charge on any atom is 0.357 e. The summed E-state index contributed by atoms with van der Waals surface area (Å²) >= 11 is 0. The zero-order valence-electron chi connectivity index (χ0n) is 15.0. The van der Waals surface area contributed by atoms with Crippen LogP contribution in [0.15, 0.2) is 53.3 Å². The summed E-state index contributed by atoms with van der Waals surface area (Å²) in [6.07, 6.45) is 0. The molecule has 0 bridgehead atoms. The SMILES string of the molecule is Cc1ccc(CNC(=O)[C@@H](C)n2nc(C(=O)O)c3ccccc3c2=O)cc1. The van der Waals surface area contributed by atoms with E-state index in [9.17, 15) is 19.5 Å². The van der Waals surface area contributed by atoms with E-state index >= 15 is 0 Å². The fourth-order valence-electron chi connectivity index (χ4n) is 2.78. The highest BCUT2D eigenvalue weighted by Gasteiger charge is 2.22. The third-order valence-electron chi connectivity index (χ3n) is 4.36. The van der Waals surface area contributed by atoms with Gasteiger partial charge in [-0.05, 0) is 25.5 Å². The predicted molar refractivity (Wildman–Crippen MR) is 101 cm³/mol. The van der Waals surface area contributed by atoms with Crippen molar-refractivity contribution in [1.29, 1.82) is 0 Å². The number of benzene rings is 2.